The highest BCUT2D eigenvalue weighted by Crippen LogP contribution is 2.26. The first kappa shape index (κ1) is 15.1. The van der Waals surface area contributed by atoms with Crippen LogP contribution >= 0.6 is 11.6 Å². The molecule has 0 fully saturated rings. The maximum atomic E-state index is 12.0. The number of hydrogen-bond donors (Lipinski definition) is 2. The van der Waals surface area contributed by atoms with Crippen molar-refractivity contribution in [2.45, 2.75) is 13.3 Å². The average molecular weight is 303 g/mol. The van der Waals surface area contributed by atoms with Crippen molar-refractivity contribution in [3.8, 4) is 0 Å². The molecule has 0 aliphatic carbocycles. The van der Waals surface area contributed by atoms with Crippen molar-refractivity contribution in [2.75, 3.05) is 10.6 Å². The molecule has 5 heteroatoms. The fraction of sp³-hybridized carbons (Fsp3) is 0.125. The number of halogens is 1. The zero-order valence-corrected chi connectivity index (χ0v) is 12.3. The molecular weight excluding hydrogens is 288 g/mol. The molecule has 0 aliphatic heterocycles. The first-order valence-corrected chi connectivity index (χ1v) is 6.93. The van der Waals surface area contributed by atoms with Gasteiger partial charge in [0.25, 0.3) is 5.91 Å². The quantitative estimate of drug-likeness (QED) is 0.898. The lowest BCUT2D eigenvalue weighted by atomic mass is 10.2. The van der Waals surface area contributed by atoms with Gasteiger partial charge in [-0.1, -0.05) is 36.7 Å². The summed E-state index contributed by atoms with van der Waals surface area (Å²) in [5.74, 6) is -0.324. The summed E-state index contributed by atoms with van der Waals surface area (Å²) in [7, 11) is 0. The highest BCUT2D eigenvalue weighted by molar-refractivity contribution is 6.34. The van der Waals surface area contributed by atoms with Gasteiger partial charge in [-0.15, -0.1) is 0 Å². The lowest BCUT2D eigenvalue weighted by Gasteiger charge is -2.10. The Morgan fingerprint density at radius 3 is 2.38 bits per heavy atom. The molecule has 0 unspecified atom stereocenters. The summed E-state index contributed by atoms with van der Waals surface area (Å²) >= 11 is 6.12. The maximum absolute atomic E-state index is 12.0. The van der Waals surface area contributed by atoms with E-state index in [4.69, 9.17) is 11.6 Å². The predicted molar refractivity (Wildman–Crippen MR) is 84.8 cm³/mol. The van der Waals surface area contributed by atoms with Crippen molar-refractivity contribution < 1.29 is 9.59 Å². The molecule has 2 amide bonds. The van der Waals surface area contributed by atoms with E-state index in [1.165, 1.54) is 0 Å². The van der Waals surface area contributed by atoms with Crippen molar-refractivity contribution in [1.29, 1.82) is 0 Å². The Morgan fingerprint density at radius 2 is 1.76 bits per heavy atom. The van der Waals surface area contributed by atoms with Crippen LogP contribution in [0.15, 0.2) is 48.5 Å². The molecule has 2 rings (SSSR count). The van der Waals surface area contributed by atoms with Gasteiger partial charge in [0.05, 0.1) is 10.7 Å². The smallest absolute Gasteiger partial charge is 0.255 e. The normalized spacial score (nSPS) is 10.0. The molecule has 2 aromatic carbocycles. The number of benzene rings is 2. The van der Waals surface area contributed by atoms with Gasteiger partial charge in [-0.05, 0) is 30.3 Å². The summed E-state index contributed by atoms with van der Waals surface area (Å²) in [5, 5.41) is 5.81. The van der Waals surface area contributed by atoms with Crippen LogP contribution in [0.5, 0.6) is 0 Å². The number of carbonyl (C=O) groups is 2. The monoisotopic (exact) mass is 302 g/mol. The number of rotatable bonds is 4. The fourth-order valence-electron chi connectivity index (χ4n) is 1.73. The molecule has 0 saturated heterocycles. The Hall–Kier alpha value is -2.33. The zero-order valence-electron chi connectivity index (χ0n) is 11.5. The van der Waals surface area contributed by atoms with Gasteiger partial charge in [-0.3, -0.25) is 9.59 Å². The summed E-state index contributed by atoms with van der Waals surface area (Å²) in [6, 6.07) is 13.8. The SMILES string of the molecule is CCC(=O)Nc1ccc(NC(=O)c2ccccc2)c(Cl)c1. The Labute approximate surface area is 128 Å². The van der Waals surface area contributed by atoms with E-state index in [0.29, 0.717) is 28.4 Å². The van der Waals surface area contributed by atoms with Gasteiger partial charge in [0.2, 0.25) is 5.91 Å². The van der Waals surface area contributed by atoms with E-state index in [1.807, 2.05) is 6.07 Å². The molecule has 21 heavy (non-hydrogen) atoms. The summed E-state index contributed by atoms with van der Waals surface area (Å²) in [5.41, 5.74) is 1.65. The van der Waals surface area contributed by atoms with Crippen LogP contribution in [-0.4, -0.2) is 11.8 Å². The molecule has 0 saturated carbocycles. The summed E-state index contributed by atoms with van der Waals surface area (Å²) < 4.78 is 0. The van der Waals surface area contributed by atoms with Crippen LogP contribution in [0, 0.1) is 0 Å². The van der Waals surface area contributed by atoms with E-state index in [-0.39, 0.29) is 11.8 Å². The van der Waals surface area contributed by atoms with Crippen molar-refractivity contribution in [3.05, 3.63) is 59.1 Å². The van der Waals surface area contributed by atoms with Crippen molar-refractivity contribution in [1.82, 2.24) is 0 Å². The van der Waals surface area contributed by atoms with Crippen molar-refractivity contribution in [3.63, 3.8) is 0 Å². The second-order valence-electron chi connectivity index (χ2n) is 4.42. The lowest BCUT2D eigenvalue weighted by molar-refractivity contribution is -0.115. The van der Waals surface area contributed by atoms with E-state index in [2.05, 4.69) is 10.6 Å². The number of amides is 2. The van der Waals surface area contributed by atoms with Crippen LogP contribution in [0.2, 0.25) is 5.02 Å². The first-order chi connectivity index (χ1) is 10.1. The average Bonchev–Trinajstić information content (AvgIpc) is 2.50. The Morgan fingerprint density at radius 1 is 1.05 bits per heavy atom. The van der Waals surface area contributed by atoms with Crippen LogP contribution in [0.1, 0.15) is 23.7 Å². The van der Waals surface area contributed by atoms with E-state index in [1.54, 1.807) is 49.4 Å². The van der Waals surface area contributed by atoms with E-state index >= 15 is 0 Å². The fourth-order valence-corrected chi connectivity index (χ4v) is 1.96. The molecule has 0 radical (unpaired) electrons. The molecule has 0 bridgehead atoms. The Balaban J connectivity index is 2.11. The van der Waals surface area contributed by atoms with Gasteiger partial charge in [0, 0.05) is 17.7 Å². The zero-order chi connectivity index (χ0) is 15.2. The highest BCUT2D eigenvalue weighted by Gasteiger charge is 2.09. The maximum Gasteiger partial charge on any atom is 0.255 e. The standard InChI is InChI=1S/C16H15ClN2O2/c1-2-15(20)18-12-8-9-14(13(17)10-12)19-16(21)11-6-4-3-5-7-11/h3-10H,2H2,1H3,(H,18,20)(H,19,21). The third-order valence-electron chi connectivity index (χ3n) is 2.86. The predicted octanol–water partition coefficient (Wildman–Crippen LogP) is 3.94. The van der Waals surface area contributed by atoms with E-state index in [0.717, 1.165) is 0 Å². The molecule has 0 atom stereocenters. The molecule has 0 heterocycles. The van der Waals surface area contributed by atoms with Gasteiger partial charge in [0.1, 0.15) is 0 Å². The summed E-state index contributed by atoms with van der Waals surface area (Å²) in [4.78, 5) is 23.4. The minimum Gasteiger partial charge on any atom is -0.326 e. The lowest BCUT2D eigenvalue weighted by Crippen LogP contribution is -2.13. The van der Waals surface area contributed by atoms with Crippen LogP contribution < -0.4 is 10.6 Å². The molecule has 0 aliphatic rings. The van der Waals surface area contributed by atoms with Crippen molar-refractivity contribution >= 4 is 34.8 Å². The van der Waals surface area contributed by atoms with Crippen LogP contribution in [0.25, 0.3) is 0 Å². The number of hydrogen-bond acceptors (Lipinski definition) is 2. The first-order valence-electron chi connectivity index (χ1n) is 6.56. The van der Waals surface area contributed by atoms with Gasteiger partial charge in [-0.2, -0.15) is 0 Å². The van der Waals surface area contributed by atoms with E-state index < -0.39 is 0 Å². The third-order valence-corrected chi connectivity index (χ3v) is 3.17. The summed E-state index contributed by atoms with van der Waals surface area (Å²) in [6.45, 7) is 1.77. The van der Waals surface area contributed by atoms with Crippen LogP contribution in [-0.2, 0) is 4.79 Å². The number of nitrogens with one attached hydrogen (secondary N) is 2. The topological polar surface area (TPSA) is 58.2 Å². The molecule has 4 nitrogen and oxygen atoms in total. The number of carbonyl (C=O) groups excluding carboxylic acids is 2. The molecule has 2 aromatic rings. The number of anilines is 2. The third kappa shape index (κ3) is 4.07. The van der Waals surface area contributed by atoms with Gasteiger partial charge in [-0.25, -0.2) is 0 Å². The van der Waals surface area contributed by atoms with E-state index in [9.17, 15) is 9.59 Å². The second kappa shape index (κ2) is 6.90. The largest absolute Gasteiger partial charge is 0.326 e. The van der Waals surface area contributed by atoms with Gasteiger partial charge < -0.3 is 10.6 Å². The van der Waals surface area contributed by atoms with Crippen molar-refractivity contribution in [2.24, 2.45) is 0 Å². The molecular formula is C16H15ClN2O2. The second-order valence-corrected chi connectivity index (χ2v) is 4.82. The van der Waals surface area contributed by atoms with Gasteiger partial charge in [0.15, 0.2) is 0 Å². The van der Waals surface area contributed by atoms with Gasteiger partial charge >= 0.3 is 0 Å². The molecule has 0 aromatic heterocycles. The molecule has 0 spiro atoms. The Bertz CT molecular complexity index is 657. The Kier molecular flexibility index (Phi) is 4.95. The highest BCUT2D eigenvalue weighted by atomic mass is 35.5. The molecule has 2 N–H and O–H groups in total. The molecule has 108 valence electrons. The van der Waals surface area contributed by atoms with Crippen LogP contribution in [0.3, 0.4) is 0 Å². The summed E-state index contributed by atoms with van der Waals surface area (Å²) in [6.07, 6.45) is 0.393. The minimum absolute atomic E-state index is 0.0906. The van der Waals surface area contributed by atoms with Crippen LogP contribution in [0.4, 0.5) is 11.4 Å². The minimum atomic E-state index is -0.233.